The number of anilines is 1. The highest BCUT2D eigenvalue weighted by Gasteiger charge is 2.13. The van der Waals surface area contributed by atoms with E-state index in [2.05, 4.69) is 31.5 Å². The van der Waals surface area contributed by atoms with Crippen LogP contribution in [0.15, 0.2) is 40.9 Å². The largest absolute Gasteiger partial charge is 0.399 e. The maximum absolute atomic E-state index is 6.11. The van der Waals surface area contributed by atoms with E-state index in [1.807, 2.05) is 12.1 Å². The minimum atomic E-state index is 0.522. The average Bonchev–Trinajstić information content (AvgIpc) is 2.90. The molecule has 106 valence electrons. The Labute approximate surface area is 138 Å². The van der Waals surface area contributed by atoms with E-state index in [9.17, 15) is 0 Å². The first-order chi connectivity index (χ1) is 10.0. The molecule has 0 amide bonds. The second-order valence-electron chi connectivity index (χ2n) is 4.29. The molecule has 0 spiro atoms. The molecule has 0 aliphatic heterocycles. The summed E-state index contributed by atoms with van der Waals surface area (Å²) in [6, 6.07) is 10.6. The summed E-state index contributed by atoms with van der Waals surface area (Å²) < 4.78 is 2.37. The Morgan fingerprint density at radius 2 is 1.90 bits per heavy atom. The van der Waals surface area contributed by atoms with Crippen LogP contribution >= 0.6 is 39.1 Å². The van der Waals surface area contributed by atoms with Crippen molar-refractivity contribution in [2.24, 2.45) is 0 Å². The molecule has 0 saturated carbocycles. The Hall–Kier alpha value is -1.63. The monoisotopic (exact) mass is 383 g/mol. The number of benzene rings is 2. The van der Waals surface area contributed by atoms with Crippen LogP contribution < -0.4 is 5.73 Å². The molecular formula is C13H8BrCl2N5. The number of nitrogens with two attached hydrogens (primary N) is 1. The zero-order valence-electron chi connectivity index (χ0n) is 10.5. The van der Waals surface area contributed by atoms with Crippen molar-refractivity contribution in [3.63, 3.8) is 0 Å². The average molecular weight is 385 g/mol. The highest BCUT2D eigenvalue weighted by molar-refractivity contribution is 9.10. The van der Waals surface area contributed by atoms with Crippen molar-refractivity contribution in [3.05, 3.63) is 50.9 Å². The molecule has 3 aromatic rings. The third-order valence-corrected chi connectivity index (χ3v) is 4.25. The van der Waals surface area contributed by atoms with Gasteiger partial charge in [0.1, 0.15) is 0 Å². The molecule has 2 N–H and O–H groups in total. The Morgan fingerprint density at radius 3 is 2.62 bits per heavy atom. The minimum Gasteiger partial charge on any atom is -0.399 e. The lowest BCUT2D eigenvalue weighted by Crippen LogP contribution is -2.00. The molecule has 0 radical (unpaired) electrons. The lowest BCUT2D eigenvalue weighted by Gasteiger charge is -2.07. The van der Waals surface area contributed by atoms with Crippen LogP contribution in [0.4, 0.5) is 5.69 Å². The van der Waals surface area contributed by atoms with Crippen LogP contribution in [0.1, 0.15) is 0 Å². The fraction of sp³-hybridized carbons (Fsp3) is 0. The van der Waals surface area contributed by atoms with Gasteiger partial charge in [-0.05, 0) is 62.8 Å². The first-order valence-electron chi connectivity index (χ1n) is 5.85. The van der Waals surface area contributed by atoms with Crippen LogP contribution in [0.2, 0.25) is 10.0 Å². The number of nitrogens with zero attached hydrogens (tertiary/aromatic N) is 4. The van der Waals surface area contributed by atoms with Crippen molar-refractivity contribution in [3.8, 4) is 17.1 Å². The van der Waals surface area contributed by atoms with Crippen LogP contribution in [0.3, 0.4) is 0 Å². The van der Waals surface area contributed by atoms with Gasteiger partial charge in [0.05, 0.1) is 10.7 Å². The van der Waals surface area contributed by atoms with Crippen molar-refractivity contribution in [2.75, 3.05) is 5.73 Å². The molecule has 0 aliphatic carbocycles. The summed E-state index contributed by atoms with van der Waals surface area (Å²) in [5.41, 5.74) is 7.81. The second kappa shape index (κ2) is 5.63. The third-order valence-electron chi connectivity index (χ3n) is 2.80. The zero-order chi connectivity index (χ0) is 15.0. The van der Waals surface area contributed by atoms with Gasteiger partial charge < -0.3 is 5.73 Å². The fourth-order valence-corrected chi connectivity index (χ4v) is 2.56. The molecule has 0 bridgehead atoms. The van der Waals surface area contributed by atoms with Crippen molar-refractivity contribution >= 4 is 44.8 Å². The van der Waals surface area contributed by atoms with Crippen LogP contribution in [0.5, 0.6) is 0 Å². The topological polar surface area (TPSA) is 69.6 Å². The quantitative estimate of drug-likeness (QED) is 0.678. The van der Waals surface area contributed by atoms with E-state index < -0.39 is 0 Å². The van der Waals surface area contributed by atoms with E-state index in [4.69, 9.17) is 28.9 Å². The van der Waals surface area contributed by atoms with E-state index in [-0.39, 0.29) is 0 Å². The van der Waals surface area contributed by atoms with Crippen molar-refractivity contribution < 1.29 is 0 Å². The molecule has 0 fully saturated rings. The number of hydrogen-bond acceptors (Lipinski definition) is 4. The smallest absolute Gasteiger partial charge is 0.187 e. The minimum absolute atomic E-state index is 0.522. The molecule has 0 aliphatic rings. The third kappa shape index (κ3) is 2.88. The van der Waals surface area contributed by atoms with Crippen LogP contribution in [0, 0.1) is 0 Å². The molecular weight excluding hydrogens is 377 g/mol. The number of halogens is 3. The second-order valence-corrected chi connectivity index (χ2v) is 5.98. The van der Waals surface area contributed by atoms with Gasteiger partial charge in [-0.2, -0.15) is 4.68 Å². The fourth-order valence-electron chi connectivity index (χ4n) is 1.90. The predicted octanol–water partition coefficient (Wildman–Crippen LogP) is 3.98. The van der Waals surface area contributed by atoms with Gasteiger partial charge in [0.15, 0.2) is 5.82 Å². The molecule has 1 aromatic heterocycles. The highest BCUT2D eigenvalue weighted by Crippen LogP contribution is 2.28. The van der Waals surface area contributed by atoms with Crippen LogP contribution in [-0.2, 0) is 0 Å². The van der Waals surface area contributed by atoms with Crippen molar-refractivity contribution in [1.29, 1.82) is 0 Å². The Balaban J connectivity index is 2.14. The predicted molar refractivity (Wildman–Crippen MR) is 86.7 cm³/mol. The molecule has 5 nitrogen and oxygen atoms in total. The van der Waals surface area contributed by atoms with Gasteiger partial charge in [0.2, 0.25) is 0 Å². The molecule has 0 unspecified atom stereocenters. The first-order valence-corrected chi connectivity index (χ1v) is 7.40. The van der Waals surface area contributed by atoms with Gasteiger partial charge in [-0.25, -0.2) is 0 Å². The van der Waals surface area contributed by atoms with Gasteiger partial charge in [-0.3, -0.25) is 0 Å². The number of tetrazole rings is 1. The lowest BCUT2D eigenvalue weighted by atomic mass is 10.2. The molecule has 2 aromatic carbocycles. The van der Waals surface area contributed by atoms with E-state index in [1.54, 1.807) is 28.9 Å². The summed E-state index contributed by atoms with van der Waals surface area (Å²) in [4.78, 5) is 0. The highest BCUT2D eigenvalue weighted by atomic mass is 79.9. The molecule has 21 heavy (non-hydrogen) atoms. The standard InChI is InChI=1S/C13H8BrCl2N5/c14-11-2-1-10(6-12(11)16)21-13(18-19-20-21)7-3-8(15)5-9(17)4-7/h1-6H,17H2. The Kier molecular flexibility index (Phi) is 3.84. The maximum atomic E-state index is 6.11. The molecule has 8 heteroatoms. The van der Waals surface area contributed by atoms with Gasteiger partial charge in [-0.15, -0.1) is 5.10 Å². The van der Waals surface area contributed by atoms with Crippen molar-refractivity contribution in [2.45, 2.75) is 0 Å². The lowest BCUT2D eigenvalue weighted by molar-refractivity contribution is 0.791. The summed E-state index contributed by atoms with van der Waals surface area (Å²) in [6.07, 6.45) is 0. The van der Waals surface area contributed by atoms with E-state index in [0.717, 1.165) is 15.7 Å². The maximum Gasteiger partial charge on any atom is 0.187 e. The summed E-state index contributed by atoms with van der Waals surface area (Å²) in [5.74, 6) is 0.530. The van der Waals surface area contributed by atoms with Crippen LogP contribution in [0.25, 0.3) is 17.1 Å². The first kappa shape index (κ1) is 14.3. The number of rotatable bonds is 2. The number of nitrogen functional groups attached to an aromatic ring is 1. The summed E-state index contributed by atoms with van der Waals surface area (Å²) >= 11 is 15.5. The number of hydrogen-bond donors (Lipinski definition) is 1. The zero-order valence-corrected chi connectivity index (χ0v) is 13.6. The van der Waals surface area contributed by atoms with Crippen molar-refractivity contribution in [1.82, 2.24) is 20.2 Å². The molecule has 0 saturated heterocycles. The van der Waals surface area contributed by atoms with Gasteiger partial charge in [-0.1, -0.05) is 23.2 Å². The summed E-state index contributed by atoms with van der Waals surface area (Å²) in [6.45, 7) is 0. The Morgan fingerprint density at radius 1 is 1.10 bits per heavy atom. The van der Waals surface area contributed by atoms with Crippen LogP contribution in [-0.4, -0.2) is 20.2 Å². The summed E-state index contributed by atoms with van der Waals surface area (Å²) in [7, 11) is 0. The van der Waals surface area contributed by atoms with E-state index >= 15 is 0 Å². The normalized spacial score (nSPS) is 10.8. The molecule has 0 atom stereocenters. The SMILES string of the molecule is Nc1cc(Cl)cc(-c2nnnn2-c2ccc(Br)c(Cl)c2)c1. The van der Waals surface area contributed by atoms with E-state index in [0.29, 0.717) is 21.6 Å². The van der Waals surface area contributed by atoms with E-state index in [1.165, 1.54) is 0 Å². The van der Waals surface area contributed by atoms with Gasteiger partial charge >= 0.3 is 0 Å². The Bertz CT molecular complexity index is 798. The number of aromatic nitrogens is 4. The van der Waals surface area contributed by atoms with Gasteiger partial charge in [0, 0.05) is 20.7 Å². The molecule has 3 rings (SSSR count). The van der Waals surface area contributed by atoms with Gasteiger partial charge in [0.25, 0.3) is 0 Å². The summed E-state index contributed by atoms with van der Waals surface area (Å²) in [5, 5.41) is 12.8. The molecule has 1 heterocycles.